The van der Waals surface area contributed by atoms with Gasteiger partial charge in [-0.1, -0.05) is 23.4 Å². The molecule has 1 saturated heterocycles. The van der Waals surface area contributed by atoms with Crippen LogP contribution in [0.15, 0.2) is 51.4 Å². The van der Waals surface area contributed by atoms with Crippen LogP contribution in [0.4, 0.5) is 5.82 Å². The molecule has 2 aromatic heterocycles. The highest BCUT2D eigenvalue weighted by Gasteiger charge is 2.21. The lowest BCUT2D eigenvalue weighted by Crippen LogP contribution is -2.50. The number of hydrogen-bond donors (Lipinski definition) is 1. The molecule has 8 heteroatoms. The number of nitrogens with zero attached hydrogens (tertiary/aromatic N) is 3. The topological polar surface area (TPSA) is 91.8 Å². The van der Waals surface area contributed by atoms with Crippen LogP contribution in [0.1, 0.15) is 11.5 Å². The van der Waals surface area contributed by atoms with Crippen LogP contribution >= 0.6 is 0 Å². The summed E-state index contributed by atoms with van der Waals surface area (Å²) in [4.78, 5) is 28.3. The number of benzene rings is 1. The lowest BCUT2D eigenvalue weighted by Gasteiger charge is -2.33. The molecule has 1 aliphatic heterocycles. The van der Waals surface area contributed by atoms with Gasteiger partial charge in [0.15, 0.2) is 5.82 Å². The monoisotopic (exact) mass is 394 g/mol. The summed E-state index contributed by atoms with van der Waals surface area (Å²) in [7, 11) is 0. The minimum absolute atomic E-state index is 0.0624. The minimum atomic E-state index is -0.150. The van der Waals surface area contributed by atoms with Crippen molar-refractivity contribution in [2.45, 2.75) is 6.92 Å². The summed E-state index contributed by atoms with van der Waals surface area (Å²) in [5.74, 6) is 1.49. The molecule has 29 heavy (non-hydrogen) atoms. The molecular formula is C21H22N4O4. The first-order chi connectivity index (χ1) is 14.1. The number of nitrogens with one attached hydrogen (secondary N) is 1. The minimum Gasteiger partial charge on any atom is -0.457 e. The van der Waals surface area contributed by atoms with E-state index in [-0.39, 0.29) is 18.4 Å². The van der Waals surface area contributed by atoms with Crippen molar-refractivity contribution in [2.75, 3.05) is 38.0 Å². The second-order valence-electron chi connectivity index (χ2n) is 6.99. The number of rotatable bonds is 5. The summed E-state index contributed by atoms with van der Waals surface area (Å²) in [5.41, 5.74) is 0.798. The van der Waals surface area contributed by atoms with Gasteiger partial charge in [0.2, 0.25) is 11.8 Å². The smallest absolute Gasteiger partial charge is 0.246 e. The fraction of sp³-hybridized carbons (Fsp3) is 0.286. The Morgan fingerprint density at radius 3 is 2.69 bits per heavy atom. The number of hydrogen-bond acceptors (Lipinski definition) is 6. The SMILES string of the molecule is Cc1cc(NC(=O)CN2CCN(C(=O)/C=C/c3cc4ccccc4o3)CC2)no1. The van der Waals surface area contributed by atoms with Crippen molar-refractivity contribution >= 4 is 34.7 Å². The number of anilines is 1. The Kier molecular flexibility index (Phi) is 5.44. The zero-order chi connectivity index (χ0) is 20.2. The Morgan fingerprint density at radius 2 is 1.97 bits per heavy atom. The van der Waals surface area contributed by atoms with E-state index >= 15 is 0 Å². The summed E-state index contributed by atoms with van der Waals surface area (Å²) in [6, 6.07) is 11.3. The summed E-state index contributed by atoms with van der Waals surface area (Å²) >= 11 is 0. The Hall–Kier alpha value is -3.39. The van der Waals surface area contributed by atoms with E-state index in [9.17, 15) is 9.59 Å². The molecule has 1 aliphatic rings. The van der Waals surface area contributed by atoms with Crippen molar-refractivity contribution < 1.29 is 18.5 Å². The molecule has 1 N–H and O–H groups in total. The predicted molar refractivity (Wildman–Crippen MR) is 108 cm³/mol. The van der Waals surface area contributed by atoms with Crippen molar-refractivity contribution in [3.63, 3.8) is 0 Å². The summed E-state index contributed by atoms with van der Waals surface area (Å²) in [6.45, 7) is 4.43. The van der Waals surface area contributed by atoms with Crippen molar-refractivity contribution in [2.24, 2.45) is 0 Å². The zero-order valence-electron chi connectivity index (χ0n) is 16.1. The summed E-state index contributed by atoms with van der Waals surface area (Å²) in [5, 5.41) is 7.46. The first-order valence-corrected chi connectivity index (χ1v) is 9.48. The number of amides is 2. The Labute approximate surface area is 167 Å². The lowest BCUT2D eigenvalue weighted by atomic mass is 10.2. The third-order valence-corrected chi connectivity index (χ3v) is 4.78. The van der Waals surface area contributed by atoms with Crippen molar-refractivity contribution in [1.82, 2.24) is 15.0 Å². The van der Waals surface area contributed by atoms with E-state index < -0.39 is 0 Å². The maximum absolute atomic E-state index is 12.4. The van der Waals surface area contributed by atoms with Crippen LogP contribution in [0.5, 0.6) is 0 Å². The second kappa shape index (κ2) is 8.32. The third-order valence-electron chi connectivity index (χ3n) is 4.78. The number of aryl methyl sites for hydroxylation is 1. The average Bonchev–Trinajstić information content (AvgIpc) is 3.32. The van der Waals surface area contributed by atoms with E-state index in [2.05, 4.69) is 10.5 Å². The molecule has 0 bridgehead atoms. The molecule has 4 rings (SSSR count). The molecule has 1 fully saturated rings. The average molecular weight is 394 g/mol. The number of fused-ring (bicyclic) bond motifs is 1. The molecule has 2 amide bonds. The van der Waals surface area contributed by atoms with E-state index in [1.54, 1.807) is 24.0 Å². The molecule has 0 saturated carbocycles. The highest BCUT2D eigenvalue weighted by molar-refractivity contribution is 5.93. The van der Waals surface area contributed by atoms with E-state index in [0.29, 0.717) is 43.5 Å². The Morgan fingerprint density at radius 1 is 1.17 bits per heavy atom. The third kappa shape index (κ3) is 4.72. The van der Waals surface area contributed by atoms with Gasteiger partial charge in [-0.15, -0.1) is 0 Å². The standard InChI is InChI=1S/C21H22N4O4/c1-15-12-19(23-29-15)22-20(26)14-24-8-10-25(11-9-24)21(27)7-6-17-13-16-4-2-3-5-18(16)28-17/h2-7,12-13H,8-11,14H2,1H3,(H,22,23,26)/b7-6+. The van der Waals surface area contributed by atoms with Crippen LogP contribution in [-0.2, 0) is 9.59 Å². The van der Waals surface area contributed by atoms with Crippen LogP contribution in [-0.4, -0.2) is 59.5 Å². The maximum Gasteiger partial charge on any atom is 0.246 e. The van der Waals surface area contributed by atoms with Crippen LogP contribution in [0, 0.1) is 6.92 Å². The maximum atomic E-state index is 12.4. The van der Waals surface area contributed by atoms with Crippen LogP contribution in [0.3, 0.4) is 0 Å². The molecule has 3 aromatic rings. The van der Waals surface area contributed by atoms with Gasteiger partial charge in [-0.05, 0) is 25.1 Å². The van der Waals surface area contributed by atoms with Gasteiger partial charge in [-0.2, -0.15) is 0 Å². The Bertz CT molecular complexity index is 1010. The molecule has 3 heterocycles. The second-order valence-corrected chi connectivity index (χ2v) is 6.99. The van der Waals surface area contributed by atoms with Crippen molar-refractivity contribution in [3.05, 3.63) is 54.0 Å². The molecule has 0 spiro atoms. The Balaban J connectivity index is 1.25. The summed E-state index contributed by atoms with van der Waals surface area (Å²) in [6.07, 6.45) is 3.23. The first kappa shape index (κ1) is 18.9. The molecule has 0 atom stereocenters. The van der Waals surface area contributed by atoms with Gasteiger partial charge < -0.3 is 19.2 Å². The van der Waals surface area contributed by atoms with Gasteiger partial charge in [0.05, 0.1) is 6.54 Å². The number of aromatic nitrogens is 1. The molecule has 0 unspecified atom stereocenters. The van der Waals surface area contributed by atoms with E-state index in [1.165, 1.54) is 6.08 Å². The molecule has 0 aliphatic carbocycles. The van der Waals surface area contributed by atoms with Gasteiger partial charge in [0.25, 0.3) is 0 Å². The molecule has 0 radical (unpaired) electrons. The van der Waals surface area contributed by atoms with Crippen LogP contribution in [0.25, 0.3) is 17.0 Å². The van der Waals surface area contributed by atoms with E-state index in [4.69, 9.17) is 8.94 Å². The lowest BCUT2D eigenvalue weighted by molar-refractivity contribution is -0.127. The molecule has 8 nitrogen and oxygen atoms in total. The van der Waals surface area contributed by atoms with E-state index in [0.717, 1.165) is 11.0 Å². The number of piperazine rings is 1. The fourth-order valence-electron chi connectivity index (χ4n) is 3.28. The highest BCUT2D eigenvalue weighted by atomic mass is 16.5. The molecule has 1 aromatic carbocycles. The van der Waals surface area contributed by atoms with Gasteiger partial charge in [0.1, 0.15) is 17.1 Å². The van der Waals surface area contributed by atoms with Crippen LogP contribution in [0.2, 0.25) is 0 Å². The van der Waals surface area contributed by atoms with Gasteiger partial charge in [-0.25, -0.2) is 0 Å². The number of carbonyl (C=O) groups is 2. The molecular weight excluding hydrogens is 372 g/mol. The fourth-order valence-corrected chi connectivity index (χ4v) is 3.28. The van der Waals surface area contributed by atoms with Crippen LogP contribution < -0.4 is 5.32 Å². The highest BCUT2D eigenvalue weighted by Crippen LogP contribution is 2.19. The number of carbonyl (C=O) groups excluding carboxylic acids is 2. The van der Waals surface area contributed by atoms with Crippen molar-refractivity contribution in [1.29, 1.82) is 0 Å². The van der Waals surface area contributed by atoms with E-state index in [1.807, 2.05) is 35.2 Å². The number of para-hydroxylation sites is 1. The molecule has 150 valence electrons. The largest absolute Gasteiger partial charge is 0.457 e. The quantitative estimate of drug-likeness (QED) is 0.669. The van der Waals surface area contributed by atoms with Gasteiger partial charge in [-0.3, -0.25) is 14.5 Å². The predicted octanol–water partition coefficient (Wildman–Crippen LogP) is 2.53. The number of furan rings is 1. The first-order valence-electron chi connectivity index (χ1n) is 9.48. The summed E-state index contributed by atoms with van der Waals surface area (Å²) < 4.78 is 10.6. The zero-order valence-corrected chi connectivity index (χ0v) is 16.1. The normalized spacial score (nSPS) is 15.3. The van der Waals surface area contributed by atoms with Gasteiger partial charge >= 0.3 is 0 Å². The van der Waals surface area contributed by atoms with Gasteiger partial charge in [0, 0.05) is 43.7 Å². The van der Waals surface area contributed by atoms with Crippen molar-refractivity contribution in [3.8, 4) is 0 Å².